The minimum Gasteiger partial charge on any atom is -0.497 e. The van der Waals surface area contributed by atoms with Gasteiger partial charge in [-0.1, -0.05) is 12.1 Å². The lowest BCUT2D eigenvalue weighted by atomic mass is 10.2. The van der Waals surface area contributed by atoms with Gasteiger partial charge in [0.25, 0.3) is 0 Å². The molecule has 2 atom stereocenters. The summed E-state index contributed by atoms with van der Waals surface area (Å²) in [5.74, 6) is 1.81. The molecule has 26 heavy (non-hydrogen) atoms. The fourth-order valence-electron chi connectivity index (χ4n) is 3.07. The highest BCUT2D eigenvalue weighted by molar-refractivity contribution is 7.99. The number of benzene rings is 1. The Morgan fingerprint density at radius 3 is 2.73 bits per heavy atom. The molecule has 0 amide bonds. The van der Waals surface area contributed by atoms with Crippen LogP contribution in [0.3, 0.4) is 0 Å². The van der Waals surface area contributed by atoms with E-state index in [-0.39, 0.29) is 0 Å². The Balaban J connectivity index is 1.64. The lowest BCUT2D eigenvalue weighted by molar-refractivity contribution is 0.120. The molecule has 0 aliphatic heterocycles. The number of nitrogens with zero attached hydrogens (tertiary/aromatic N) is 1. The van der Waals surface area contributed by atoms with Gasteiger partial charge in [0.05, 0.1) is 13.7 Å². The standard InChI is InChI=1S/C20H33N3O2S/c1-4-21-20(23-17-8-11-19(14-17)26-3)22-12-5-13-25-15-16-6-9-18(24-2)10-7-16/h6-7,9-10,17,19H,4-5,8,11-15H2,1-3H3,(H2,21,22,23). The number of nitrogens with one attached hydrogen (secondary N) is 2. The smallest absolute Gasteiger partial charge is 0.191 e. The molecule has 0 radical (unpaired) electrons. The Kier molecular flexibility index (Phi) is 9.71. The summed E-state index contributed by atoms with van der Waals surface area (Å²) < 4.78 is 10.9. The Hall–Kier alpha value is -1.40. The zero-order chi connectivity index (χ0) is 18.6. The van der Waals surface area contributed by atoms with Crippen LogP contribution in [0.2, 0.25) is 0 Å². The van der Waals surface area contributed by atoms with Gasteiger partial charge in [-0.25, -0.2) is 0 Å². The van der Waals surface area contributed by atoms with E-state index in [9.17, 15) is 0 Å². The molecule has 0 heterocycles. The lowest BCUT2D eigenvalue weighted by Crippen LogP contribution is -2.42. The third-order valence-corrected chi connectivity index (χ3v) is 5.64. The quantitative estimate of drug-likeness (QED) is 0.370. The highest BCUT2D eigenvalue weighted by Gasteiger charge is 2.24. The zero-order valence-corrected chi connectivity index (χ0v) is 17.1. The van der Waals surface area contributed by atoms with E-state index in [1.807, 2.05) is 36.0 Å². The minimum atomic E-state index is 0.552. The van der Waals surface area contributed by atoms with Crippen molar-refractivity contribution in [2.75, 3.05) is 33.1 Å². The topological polar surface area (TPSA) is 54.9 Å². The largest absolute Gasteiger partial charge is 0.497 e. The molecule has 0 saturated heterocycles. The maximum Gasteiger partial charge on any atom is 0.191 e. The number of thioether (sulfide) groups is 1. The monoisotopic (exact) mass is 379 g/mol. The van der Waals surface area contributed by atoms with E-state index >= 15 is 0 Å². The molecule has 0 spiro atoms. The van der Waals surface area contributed by atoms with Crippen molar-refractivity contribution in [1.82, 2.24) is 10.6 Å². The molecule has 5 nitrogen and oxygen atoms in total. The second-order valence-corrected chi connectivity index (χ2v) is 7.66. The zero-order valence-electron chi connectivity index (χ0n) is 16.3. The van der Waals surface area contributed by atoms with E-state index in [4.69, 9.17) is 9.47 Å². The molecule has 2 rings (SSSR count). The first kappa shape index (κ1) is 20.9. The van der Waals surface area contributed by atoms with Crippen LogP contribution in [0.1, 0.15) is 38.2 Å². The van der Waals surface area contributed by atoms with E-state index in [1.54, 1.807) is 7.11 Å². The van der Waals surface area contributed by atoms with Crippen molar-refractivity contribution in [2.45, 2.75) is 50.5 Å². The summed E-state index contributed by atoms with van der Waals surface area (Å²) in [7, 11) is 1.68. The number of guanidine groups is 1. The summed E-state index contributed by atoms with van der Waals surface area (Å²) in [4.78, 5) is 4.69. The first-order valence-corrected chi connectivity index (χ1v) is 10.8. The first-order valence-electron chi connectivity index (χ1n) is 9.53. The van der Waals surface area contributed by atoms with Gasteiger partial charge in [0.2, 0.25) is 0 Å². The summed E-state index contributed by atoms with van der Waals surface area (Å²) >= 11 is 1.98. The number of methoxy groups -OCH3 is 1. The van der Waals surface area contributed by atoms with Crippen LogP contribution in [-0.2, 0) is 11.3 Å². The van der Waals surface area contributed by atoms with Gasteiger partial charge in [0.1, 0.15) is 5.75 Å². The molecule has 1 aliphatic carbocycles. The predicted octanol–water partition coefficient (Wildman–Crippen LogP) is 3.44. The maximum absolute atomic E-state index is 5.74. The highest BCUT2D eigenvalue weighted by atomic mass is 32.2. The average Bonchev–Trinajstić information content (AvgIpc) is 3.12. The summed E-state index contributed by atoms with van der Waals surface area (Å²) in [6.45, 7) is 5.11. The molecule has 2 N–H and O–H groups in total. The van der Waals surface area contributed by atoms with E-state index < -0.39 is 0 Å². The summed E-state index contributed by atoms with van der Waals surface area (Å²) in [5, 5.41) is 7.72. The average molecular weight is 380 g/mol. The van der Waals surface area contributed by atoms with Crippen LogP contribution < -0.4 is 15.4 Å². The van der Waals surface area contributed by atoms with Crippen molar-refractivity contribution in [2.24, 2.45) is 4.99 Å². The highest BCUT2D eigenvalue weighted by Crippen LogP contribution is 2.28. The maximum atomic E-state index is 5.74. The molecular weight excluding hydrogens is 346 g/mol. The van der Waals surface area contributed by atoms with Gasteiger partial charge in [-0.2, -0.15) is 11.8 Å². The van der Waals surface area contributed by atoms with Crippen LogP contribution >= 0.6 is 11.8 Å². The van der Waals surface area contributed by atoms with Crippen molar-refractivity contribution in [3.8, 4) is 5.75 Å². The van der Waals surface area contributed by atoms with Gasteiger partial charge in [0.15, 0.2) is 5.96 Å². The fourth-order valence-corrected chi connectivity index (χ4v) is 3.86. The third-order valence-electron chi connectivity index (χ3n) is 4.55. The van der Waals surface area contributed by atoms with Crippen molar-refractivity contribution < 1.29 is 9.47 Å². The lowest BCUT2D eigenvalue weighted by Gasteiger charge is -2.17. The summed E-state index contributed by atoms with van der Waals surface area (Å²) in [5.41, 5.74) is 1.16. The summed E-state index contributed by atoms with van der Waals surface area (Å²) in [6, 6.07) is 8.54. The van der Waals surface area contributed by atoms with E-state index in [0.717, 1.165) is 42.0 Å². The Morgan fingerprint density at radius 2 is 2.08 bits per heavy atom. The molecule has 1 aromatic rings. The second-order valence-electron chi connectivity index (χ2n) is 6.53. The molecule has 1 fully saturated rings. The number of aliphatic imine (C=N–C) groups is 1. The fraction of sp³-hybridized carbons (Fsp3) is 0.650. The van der Waals surface area contributed by atoms with Crippen molar-refractivity contribution in [3.63, 3.8) is 0 Å². The SMILES string of the molecule is CCNC(=NCCCOCc1ccc(OC)cc1)NC1CCC(SC)C1. The van der Waals surface area contributed by atoms with Gasteiger partial charge in [0, 0.05) is 31.0 Å². The molecule has 6 heteroatoms. The number of rotatable bonds is 10. The van der Waals surface area contributed by atoms with Gasteiger partial charge < -0.3 is 20.1 Å². The molecule has 1 aliphatic rings. The van der Waals surface area contributed by atoms with Crippen LogP contribution in [-0.4, -0.2) is 50.3 Å². The van der Waals surface area contributed by atoms with E-state index in [0.29, 0.717) is 19.3 Å². The Labute approximate surface area is 162 Å². The van der Waals surface area contributed by atoms with E-state index in [1.165, 1.54) is 19.3 Å². The Morgan fingerprint density at radius 1 is 1.27 bits per heavy atom. The summed E-state index contributed by atoms with van der Waals surface area (Å²) in [6.07, 6.45) is 6.90. The van der Waals surface area contributed by atoms with Crippen LogP contribution in [0.5, 0.6) is 5.75 Å². The van der Waals surface area contributed by atoms with Crippen LogP contribution in [0.15, 0.2) is 29.3 Å². The minimum absolute atomic E-state index is 0.552. The van der Waals surface area contributed by atoms with E-state index in [2.05, 4.69) is 28.8 Å². The van der Waals surface area contributed by atoms with Gasteiger partial charge in [-0.05, 0) is 56.6 Å². The van der Waals surface area contributed by atoms with Crippen molar-refractivity contribution in [3.05, 3.63) is 29.8 Å². The van der Waals surface area contributed by atoms with Crippen molar-refractivity contribution >= 4 is 17.7 Å². The number of hydrogen-bond donors (Lipinski definition) is 2. The van der Waals surface area contributed by atoms with Gasteiger partial charge in [-0.3, -0.25) is 4.99 Å². The Bertz CT molecular complexity index is 536. The molecule has 1 saturated carbocycles. The van der Waals surface area contributed by atoms with Crippen LogP contribution in [0.4, 0.5) is 0 Å². The molecule has 1 aromatic carbocycles. The molecule has 2 unspecified atom stereocenters. The predicted molar refractivity (Wildman–Crippen MR) is 111 cm³/mol. The van der Waals surface area contributed by atoms with Crippen LogP contribution in [0, 0.1) is 0 Å². The molecule has 0 bridgehead atoms. The normalized spacial score (nSPS) is 20.2. The second kappa shape index (κ2) is 12.1. The van der Waals surface area contributed by atoms with Gasteiger partial charge in [-0.15, -0.1) is 0 Å². The molecule has 0 aromatic heterocycles. The molecule has 146 valence electrons. The first-order chi connectivity index (χ1) is 12.7. The van der Waals surface area contributed by atoms with Gasteiger partial charge >= 0.3 is 0 Å². The number of ether oxygens (including phenoxy) is 2. The molecular formula is C20H33N3O2S. The van der Waals surface area contributed by atoms with Crippen molar-refractivity contribution in [1.29, 1.82) is 0 Å². The van der Waals surface area contributed by atoms with Crippen LogP contribution in [0.25, 0.3) is 0 Å². The third kappa shape index (κ3) is 7.46. The number of hydrogen-bond acceptors (Lipinski definition) is 4.